The van der Waals surface area contributed by atoms with Gasteiger partial charge in [0.05, 0.1) is 7.11 Å². The second-order valence-electron chi connectivity index (χ2n) is 5.81. The van der Waals surface area contributed by atoms with Crippen molar-refractivity contribution in [2.45, 2.75) is 58.2 Å². The van der Waals surface area contributed by atoms with E-state index in [0.717, 1.165) is 11.3 Å². The number of aromatic hydroxyl groups is 1. The topological polar surface area (TPSA) is 44.7 Å². The zero-order chi connectivity index (χ0) is 14.7. The van der Waals surface area contributed by atoms with E-state index in [9.17, 15) is 5.11 Å². The average Bonchev–Trinajstić information content (AvgIpc) is 2.43. The van der Waals surface area contributed by atoms with Gasteiger partial charge >= 0.3 is 0 Å². The SMILES string of the molecule is COc1ccc(O)c(C(C)NN2C(C)CCCC2C)c1. The minimum atomic E-state index is 0.0492. The number of hydrogen-bond acceptors (Lipinski definition) is 4. The van der Waals surface area contributed by atoms with Crippen LogP contribution >= 0.6 is 0 Å². The summed E-state index contributed by atoms with van der Waals surface area (Å²) in [6, 6.07) is 6.45. The Labute approximate surface area is 121 Å². The van der Waals surface area contributed by atoms with E-state index in [1.165, 1.54) is 19.3 Å². The van der Waals surface area contributed by atoms with E-state index in [-0.39, 0.29) is 6.04 Å². The summed E-state index contributed by atoms with van der Waals surface area (Å²) in [5, 5.41) is 12.4. The maximum absolute atomic E-state index is 10.0. The normalized spacial score (nSPS) is 25.4. The average molecular weight is 278 g/mol. The van der Waals surface area contributed by atoms with Crippen molar-refractivity contribution in [1.82, 2.24) is 10.4 Å². The van der Waals surface area contributed by atoms with E-state index in [2.05, 4.69) is 31.2 Å². The van der Waals surface area contributed by atoms with E-state index < -0.39 is 0 Å². The highest BCUT2D eigenvalue weighted by molar-refractivity contribution is 5.41. The smallest absolute Gasteiger partial charge is 0.120 e. The van der Waals surface area contributed by atoms with Gasteiger partial charge in [-0.1, -0.05) is 6.42 Å². The van der Waals surface area contributed by atoms with E-state index >= 15 is 0 Å². The van der Waals surface area contributed by atoms with Crippen LogP contribution in [0.25, 0.3) is 0 Å². The molecular weight excluding hydrogens is 252 g/mol. The van der Waals surface area contributed by atoms with Gasteiger partial charge in [-0.2, -0.15) is 0 Å². The predicted octanol–water partition coefficient (Wildman–Crippen LogP) is 3.23. The third-order valence-corrected chi connectivity index (χ3v) is 4.24. The summed E-state index contributed by atoms with van der Waals surface area (Å²) in [7, 11) is 1.64. The summed E-state index contributed by atoms with van der Waals surface area (Å²) in [5.74, 6) is 1.08. The number of ether oxygens (including phenoxy) is 1. The minimum Gasteiger partial charge on any atom is -0.508 e. The van der Waals surface area contributed by atoms with Gasteiger partial charge in [-0.3, -0.25) is 0 Å². The summed E-state index contributed by atoms with van der Waals surface area (Å²) in [6.45, 7) is 6.57. The Kier molecular flexibility index (Phi) is 4.89. The molecule has 4 heteroatoms. The first-order valence-electron chi connectivity index (χ1n) is 7.44. The van der Waals surface area contributed by atoms with Crippen LogP contribution in [-0.4, -0.2) is 29.3 Å². The standard InChI is InChI=1S/C16H26N2O2/c1-11-6-5-7-12(2)18(11)17-13(3)15-10-14(20-4)8-9-16(15)19/h8-13,17,19H,5-7H2,1-4H3. The van der Waals surface area contributed by atoms with Gasteiger partial charge in [0.1, 0.15) is 11.5 Å². The number of phenols is 1. The molecule has 0 aromatic heterocycles. The molecule has 1 aromatic carbocycles. The first-order chi connectivity index (χ1) is 9.52. The minimum absolute atomic E-state index is 0.0492. The molecule has 0 radical (unpaired) electrons. The van der Waals surface area contributed by atoms with Gasteiger partial charge < -0.3 is 9.84 Å². The maximum atomic E-state index is 10.0. The zero-order valence-electron chi connectivity index (χ0n) is 12.9. The van der Waals surface area contributed by atoms with Crippen LogP contribution in [0.1, 0.15) is 51.6 Å². The molecule has 3 atom stereocenters. The molecule has 2 N–H and O–H groups in total. The monoisotopic (exact) mass is 278 g/mol. The zero-order valence-corrected chi connectivity index (χ0v) is 12.9. The fraction of sp³-hybridized carbons (Fsp3) is 0.625. The molecule has 1 aliphatic heterocycles. The van der Waals surface area contributed by atoms with Crippen molar-refractivity contribution >= 4 is 0 Å². The fourth-order valence-corrected chi connectivity index (χ4v) is 2.98. The largest absolute Gasteiger partial charge is 0.508 e. The Morgan fingerprint density at radius 3 is 2.55 bits per heavy atom. The number of rotatable bonds is 4. The van der Waals surface area contributed by atoms with Gasteiger partial charge in [-0.25, -0.2) is 10.4 Å². The van der Waals surface area contributed by atoms with Crippen LogP contribution in [0, 0.1) is 0 Å². The lowest BCUT2D eigenvalue weighted by molar-refractivity contribution is 0.0316. The van der Waals surface area contributed by atoms with Crippen LogP contribution in [0.4, 0.5) is 0 Å². The number of methoxy groups -OCH3 is 1. The first kappa shape index (κ1) is 15.1. The predicted molar refractivity (Wildman–Crippen MR) is 80.8 cm³/mol. The Hall–Kier alpha value is -1.26. The summed E-state index contributed by atoms with van der Waals surface area (Å²) in [4.78, 5) is 0. The molecular formula is C16H26N2O2. The van der Waals surface area contributed by atoms with Crippen molar-refractivity contribution in [2.75, 3.05) is 7.11 Å². The van der Waals surface area contributed by atoms with Gasteiger partial charge in [0, 0.05) is 23.7 Å². The van der Waals surface area contributed by atoms with Crippen LogP contribution in [0.3, 0.4) is 0 Å². The fourth-order valence-electron chi connectivity index (χ4n) is 2.98. The summed E-state index contributed by atoms with van der Waals surface area (Å²) in [5.41, 5.74) is 4.41. The lowest BCUT2D eigenvalue weighted by Gasteiger charge is -2.41. The number of nitrogens with zero attached hydrogens (tertiary/aromatic N) is 1. The molecule has 1 saturated heterocycles. The van der Waals surface area contributed by atoms with Crippen LogP contribution in [-0.2, 0) is 0 Å². The van der Waals surface area contributed by atoms with Crippen molar-refractivity contribution in [3.05, 3.63) is 23.8 Å². The highest BCUT2D eigenvalue weighted by Gasteiger charge is 2.26. The second-order valence-corrected chi connectivity index (χ2v) is 5.81. The van der Waals surface area contributed by atoms with Crippen molar-refractivity contribution in [3.8, 4) is 11.5 Å². The molecule has 0 bridgehead atoms. The van der Waals surface area contributed by atoms with E-state index in [1.54, 1.807) is 19.2 Å². The van der Waals surface area contributed by atoms with Crippen molar-refractivity contribution in [1.29, 1.82) is 0 Å². The molecule has 1 heterocycles. The van der Waals surface area contributed by atoms with Crippen molar-refractivity contribution < 1.29 is 9.84 Å². The Morgan fingerprint density at radius 1 is 1.30 bits per heavy atom. The van der Waals surface area contributed by atoms with Crippen LogP contribution in [0.15, 0.2) is 18.2 Å². The van der Waals surface area contributed by atoms with E-state index in [1.807, 2.05) is 6.07 Å². The van der Waals surface area contributed by atoms with Crippen LogP contribution in [0.2, 0.25) is 0 Å². The van der Waals surface area contributed by atoms with E-state index in [0.29, 0.717) is 17.8 Å². The summed E-state index contributed by atoms with van der Waals surface area (Å²) < 4.78 is 5.24. The number of hydrogen-bond donors (Lipinski definition) is 2. The van der Waals surface area contributed by atoms with Gasteiger partial charge in [0.25, 0.3) is 0 Å². The molecule has 0 aliphatic carbocycles. The molecule has 0 spiro atoms. The molecule has 3 unspecified atom stereocenters. The number of phenolic OH excluding ortho intramolecular Hbond substituents is 1. The number of hydrazine groups is 1. The number of benzene rings is 1. The number of nitrogens with one attached hydrogen (secondary N) is 1. The van der Waals surface area contributed by atoms with Crippen molar-refractivity contribution in [2.24, 2.45) is 0 Å². The molecule has 1 aliphatic rings. The highest BCUT2D eigenvalue weighted by Crippen LogP contribution is 2.30. The lowest BCUT2D eigenvalue weighted by Crippen LogP contribution is -2.52. The Bertz CT molecular complexity index is 440. The van der Waals surface area contributed by atoms with Crippen LogP contribution in [0.5, 0.6) is 11.5 Å². The maximum Gasteiger partial charge on any atom is 0.120 e. The molecule has 1 fully saturated rings. The third-order valence-electron chi connectivity index (χ3n) is 4.24. The molecule has 112 valence electrons. The van der Waals surface area contributed by atoms with E-state index in [4.69, 9.17) is 4.74 Å². The number of piperidine rings is 1. The molecule has 1 aromatic rings. The van der Waals surface area contributed by atoms with Gasteiger partial charge in [0.2, 0.25) is 0 Å². The molecule has 0 saturated carbocycles. The lowest BCUT2D eigenvalue weighted by atomic mass is 9.99. The van der Waals surface area contributed by atoms with Crippen molar-refractivity contribution in [3.63, 3.8) is 0 Å². The van der Waals surface area contributed by atoms with Gasteiger partial charge in [-0.15, -0.1) is 0 Å². The highest BCUT2D eigenvalue weighted by atomic mass is 16.5. The second kappa shape index (κ2) is 6.46. The van der Waals surface area contributed by atoms with Crippen LogP contribution < -0.4 is 10.2 Å². The first-order valence-corrected chi connectivity index (χ1v) is 7.44. The van der Waals surface area contributed by atoms with Gasteiger partial charge in [-0.05, 0) is 51.8 Å². The third kappa shape index (κ3) is 3.25. The molecule has 20 heavy (non-hydrogen) atoms. The van der Waals surface area contributed by atoms with Gasteiger partial charge in [0.15, 0.2) is 0 Å². The summed E-state index contributed by atoms with van der Waals surface area (Å²) >= 11 is 0. The molecule has 0 amide bonds. The molecule has 2 rings (SSSR count). The Morgan fingerprint density at radius 2 is 1.95 bits per heavy atom. The molecule has 4 nitrogen and oxygen atoms in total. The quantitative estimate of drug-likeness (QED) is 0.887. The summed E-state index contributed by atoms with van der Waals surface area (Å²) in [6.07, 6.45) is 3.72. The Balaban J connectivity index is 2.12.